The Morgan fingerprint density at radius 1 is 0.434 bits per heavy atom. The minimum Gasteiger partial charge on any atom is -1.00 e. The van der Waals surface area contributed by atoms with Crippen molar-refractivity contribution in [3.8, 4) is 22.7 Å². The van der Waals surface area contributed by atoms with E-state index in [4.69, 9.17) is 125 Å². The van der Waals surface area contributed by atoms with E-state index in [1.54, 1.807) is 85.7 Å². The van der Waals surface area contributed by atoms with Gasteiger partial charge in [-0.2, -0.15) is 79.0 Å². The molecule has 4 N–H and O–H groups in total. The van der Waals surface area contributed by atoms with Crippen molar-refractivity contribution in [3.05, 3.63) is 295 Å². The predicted octanol–water partition coefficient (Wildman–Crippen LogP) is 23.4. The molecular weight excluding hydrogens is 1900 g/mol. The summed E-state index contributed by atoms with van der Waals surface area (Å²) in [6, 6.07) is 23.2. The number of carbonyl (C=O) groups excluding carboxylic acids is 1. The number of nitrogens with zero attached hydrogens (tertiary/aromatic N) is 17. The number of rotatable bonds is 14. The topological polar surface area (TPSA) is 220 Å². The molecule has 629 valence electrons. The summed E-state index contributed by atoms with van der Waals surface area (Å²) in [5.74, 6) is -0.338. The van der Waals surface area contributed by atoms with Crippen molar-refractivity contribution < 1.29 is 115 Å². The number of aromatic nitrogens is 12. The summed E-state index contributed by atoms with van der Waals surface area (Å²) in [5, 5.41) is 18.9. The second-order valence-electron chi connectivity index (χ2n) is 22.3. The second-order valence-corrected chi connectivity index (χ2v) is 27.8. The number of aldehydes is 1. The maximum absolute atomic E-state index is 13.2. The first-order valence-corrected chi connectivity index (χ1v) is 36.8. The first-order chi connectivity index (χ1) is 56.2. The van der Waals surface area contributed by atoms with Gasteiger partial charge in [0.25, 0.3) is 17.5 Å². The van der Waals surface area contributed by atoms with Gasteiger partial charge in [-0.3, -0.25) is 24.7 Å². The number of anilines is 3. The first kappa shape index (κ1) is 103. The zero-order valence-electron chi connectivity index (χ0n) is 60.8. The molecule has 0 fully saturated rings. The van der Waals surface area contributed by atoms with Gasteiger partial charge in [0.05, 0.1) is 78.3 Å². The smallest absolute Gasteiger partial charge is 1.00 e. The normalized spacial score (nSPS) is 11.2. The molecule has 4 aromatic carbocycles. The molecule has 0 atom stereocenters. The van der Waals surface area contributed by atoms with Crippen LogP contribution in [0.15, 0.2) is 175 Å². The number of hydrogen-bond donors (Lipinski definition) is 3. The number of alkyl halides is 18. The standard InChI is InChI=1S/C18H9Cl2F6N5S.C17H10Cl2F3N5.C17H8Cl2F3N5.C11H5Cl2F3N4.C6H5NO.CClF3S.B.Na.H/c1-27-15-14(32-18(24,25)26)16(29-8-9-2-4-28-5-3-9)31(30-15)13-11(19)6-10(7-12(13)20)17(21,22)23;2*1-23-14-8-15(25-9-10-2-4-24-5-3-10)27(26-14)16-12(18)6-11(7-13(16)19)17(20,21)22;1-18-9-4-8(17)20(19-9)10-6(12)2-5(3-7(10)13)11(14,15)16;8-5-6-1-3-7-4-2-6;2-6-1(3,4)5;;;/h2-7,29H,8H2;2-8,25H,9H2;2-9H;2-4H,17H2;1-5H;;;;/q;;;;;;;+1;-1. The van der Waals surface area contributed by atoms with Crippen molar-refractivity contribution >= 4 is 194 Å². The van der Waals surface area contributed by atoms with Gasteiger partial charge in [-0.1, -0.05) is 119 Å². The van der Waals surface area contributed by atoms with Crippen LogP contribution in [0.3, 0.4) is 0 Å². The minimum atomic E-state index is -4.77. The van der Waals surface area contributed by atoms with Gasteiger partial charge in [-0.05, 0) is 157 Å². The van der Waals surface area contributed by atoms with Crippen LogP contribution >= 0.6 is 126 Å². The van der Waals surface area contributed by atoms with Gasteiger partial charge in [0, 0.05) is 101 Å². The van der Waals surface area contributed by atoms with Crippen molar-refractivity contribution in [2.45, 2.75) is 53.7 Å². The maximum atomic E-state index is 13.2. The third kappa shape index (κ3) is 29.4. The Morgan fingerprint density at radius 3 is 1.09 bits per heavy atom. The number of benzene rings is 4. The van der Waals surface area contributed by atoms with E-state index in [9.17, 15) is 83.8 Å². The average molecular weight is 1930 g/mol. The Labute approximate surface area is 754 Å². The van der Waals surface area contributed by atoms with Gasteiger partial charge in [-0.15, -0.1) is 18.7 Å². The van der Waals surface area contributed by atoms with Gasteiger partial charge in [0.2, 0.25) is 0 Å². The summed E-state index contributed by atoms with van der Waals surface area (Å²) in [6.07, 6.45) is -3.70. The molecule has 12 rings (SSSR count). The predicted molar refractivity (Wildman–Crippen MR) is 426 cm³/mol. The summed E-state index contributed by atoms with van der Waals surface area (Å²) < 4.78 is 230. The van der Waals surface area contributed by atoms with Gasteiger partial charge in [0.15, 0.2) is 11.6 Å². The zero-order chi connectivity index (χ0) is 89.0. The van der Waals surface area contributed by atoms with E-state index in [1.807, 2.05) is 0 Å². The Kier molecular flexibility index (Phi) is 37.9. The number of aliphatic imine (C=N–C) groups is 1. The molecule has 0 aliphatic rings. The van der Waals surface area contributed by atoms with E-state index in [0.29, 0.717) is 35.6 Å². The van der Waals surface area contributed by atoms with Crippen molar-refractivity contribution in [2.24, 2.45) is 4.99 Å². The van der Waals surface area contributed by atoms with Gasteiger partial charge < -0.3 is 37.2 Å². The molecule has 0 saturated carbocycles. The number of carbonyl (C=O) groups is 1. The molecule has 8 heterocycles. The molecule has 52 heteroatoms. The van der Waals surface area contributed by atoms with Crippen molar-refractivity contribution in [1.29, 1.82) is 0 Å². The molecule has 0 aliphatic carbocycles. The summed E-state index contributed by atoms with van der Waals surface area (Å²) >= 11 is 47.3. The Hall–Kier alpha value is -9.87. The fourth-order valence-corrected chi connectivity index (χ4v) is 12.4. The Balaban J connectivity index is 0.000000326. The Morgan fingerprint density at radius 2 is 0.754 bits per heavy atom. The number of nitrogen functional groups attached to an aromatic ring is 1. The number of halogens is 27. The summed E-state index contributed by atoms with van der Waals surface area (Å²) in [6.45, 7) is 28.6. The van der Waals surface area contributed by atoms with Gasteiger partial charge in [-0.25, -0.2) is 4.99 Å². The van der Waals surface area contributed by atoms with Crippen LogP contribution in [0.4, 0.5) is 126 Å². The molecule has 12 aromatic rings. The molecule has 0 aliphatic heterocycles. The van der Waals surface area contributed by atoms with Crippen LogP contribution in [-0.2, 0) is 37.8 Å². The fourth-order valence-electron chi connectivity index (χ4n) is 9.14. The quantitative estimate of drug-likeness (QED) is 0.0230. The second kappa shape index (κ2) is 45.0. The van der Waals surface area contributed by atoms with Crippen LogP contribution in [0.5, 0.6) is 0 Å². The van der Waals surface area contributed by atoms with Crippen LogP contribution < -0.4 is 45.9 Å². The van der Waals surface area contributed by atoms with Crippen LogP contribution in [0.2, 0.25) is 40.2 Å². The monoisotopic (exact) mass is 1930 g/mol. The van der Waals surface area contributed by atoms with Crippen LogP contribution in [0.1, 0.15) is 50.7 Å². The largest absolute Gasteiger partial charge is 1.00 e. The zero-order valence-corrected chi connectivity index (χ0v) is 70.3. The maximum Gasteiger partial charge on any atom is 1.00 e. The average Bonchev–Trinajstić information content (AvgIpc) is 1.65. The number of pyridine rings is 4. The summed E-state index contributed by atoms with van der Waals surface area (Å²) in [5.41, 5.74) is -4.82. The Bertz CT molecular complexity index is 5730. The number of nitrogens with two attached hydrogens (primary N) is 1. The van der Waals surface area contributed by atoms with E-state index in [0.717, 1.165) is 67.9 Å². The summed E-state index contributed by atoms with van der Waals surface area (Å²) in [7, 11) is 3.62. The number of hydrogen-bond acceptors (Lipinski definition) is 15. The van der Waals surface area contributed by atoms with E-state index < -0.39 is 101 Å². The SMILES string of the molecule is FC(F)(F)SCl.O=Cc1ccncc1.[B].[C-]#[N+]c1cc(N)n(-c2c(Cl)cc(C(F)(F)F)cc2Cl)n1.[C-]#[N+]c1cc(N=Cc2ccncc2)n(-c2c(Cl)cc(C(F)(F)F)cc2Cl)n1.[C-]#[N+]c1cc(NCc2ccncc2)n(-c2c(Cl)cc(C(F)(F)F)cc2Cl)n1.[C-]#[N+]c1nn(-c2c(Cl)cc(C(F)(F)F)cc2Cl)c(NCc2ccncc2)c1SC(F)(F)F.[H-].[Na+]. The molecule has 0 saturated heterocycles. The van der Waals surface area contributed by atoms with Crippen LogP contribution in [0, 0.1) is 26.3 Å². The third-order valence-corrected chi connectivity index (χ3v) is 18.0. The molecule has 0 amide bonds. The van der Waals surface area contributed by atoms with Crippen molar-refractivity contribution in [2.75, 3.05) is 16.4 Å². The van der Waals surface area contributed by atoms with Crippen molar-refractivity contribution in [3.63, 3.8) is 0 Å². The van der Waals surface area contributed by atoms with E-state index >= 15 is 0 Å². The van der Waals surface area contributed by atoms with E-state index in [1.165, 1.54) is 41.5 Å². The molecule has 21 nitrogen and oxygen atoms in total. The third-order valence-electron chi connectivity index (χ3n) is 14.2. The first-order valence-electron chi connectivity index (χ1n) is 31.3. The molecular formula is C70H38BCl9F18N20NaOS2. The molecule has 0 unspecified atom stereocenters. The van der Waals surface area contributed by atoms with E-state index in [2.05, 4.69) is 86.0 Å². The molecule has 0 spiro atoms. The van der Waals surface area contributed by atoms with Gasteiger partial charge >= 0.3 is 71.1 Å². The van der Waals surface area contributed by atoms with Crippen LogP contribution in [0.25, 0.3) is 42.1 Å². The molecule has 3 radical (unpaired) electrons. The summed E-state index contributed by atoms with van der Waals surface area (Å²) in [4.78, 5) is 41.6. The van der Waals surface area contributed by atoms with Gasteiger partial charge in [0.1, 0.15) is 40.7 Å². The van der Waals surface area contributed by atoms with Crippen molar-refractivity contribution in [1.82, 2.24) is 59.1 Å². The number of nitrogens with one attached hydrogen (secondary N) is 2. The van der Waals surface area contributed by atoms with E-state index in [-0.39, 0.29) is 134 Å². The number of thioether (sulfide) groups is 1. The molecule has 8 aromatic heterocycles. The fraction of sp³-hybridized carbons (Fsp3) is 0.114. The molecule has 0 bridgehead atoms. The molecule has 122 heavy (non-hydrogen) atoms. The minimum absolute atomic E-state index is 0. The van der Waals surface area contributed by atoms with Crippen LogP contribution in [-0.4, -0.2) is 91.0 Å².